The van der Waals surface area contributed by atoms with Gasteiger partial charge in [-0.2, -0.15) is 0 Å². The van der Waals surface area contributed by atoms with Crippen molar-refractivity contribution in [3.63, 3.8) is 0 Å². The number of ether oxygens (including phenoxy) is 3. The van der Waals surface area contributed by atoms with Gasteiger partial charge in [-0.3, -0.25) is 0 Å². The van der Waals surface area contributed by atoms with Gasteiger partial charge >= 0.3 is 11.9 Å². The fourth-order valence-electron chi connectivity index (χ4n) is 3.05. The van der Waals surface area contributed by atoms with Crippen LogP contribution < -0.4 is 4.74 Å². The highest BCUT2D eigenvalue weighted by Gasteiger charge is 2.58. The van der Waals surface area contributed by atoms with E-state index in [0.717, 1.165) is 6.08 Å². The van der Waals surface area contributed by atoms with Crippen molar-refractivity contribution in [3.8, 4) is 11.5 Å². The molecule has 0 spiro atoms. The molecule has 25 heavy (non-hydrogen) atoms. The van der Waals surface area contributed by atoms with E-state index in [4.69, 9.17) is 14.2 Å². The molecule has 8 nitrogen and oxygen atoms in total. The SMILES string of the molecule is COc1cc(/C=C/C(=O)O[C@H]2[C@@H]3C[C@@](O)(C[C@@H]2O)C(=O)O3)ccc1O. The van der Waals surface area contributed by atoms with E-state index in [1.54, 1.807) is 6.07 Å². The zero-order valence-electron chi connectivity index (χ0n) is 13.4. The van der Waals surface area contributed by atoms with Gasteiger partial charge in [0.25, 0.3) is 0 Å². The number of rotatable bonds is 4. The molecule has 0 radical (unpaired) electrons. The number of carbonyl (C=O) groups excluding carboxylic acids is 2. The second kappa shape index (κ2) is 6.38. The fourth-order valence-corrected chi connectivity index (χ4v) is 3.05. The summed E-state index contributed by atoms with van der Waals surface area (Å²) in [6, 6.07) is 4.54. The smallest absolute Gasteiger partial charge is 0.338 e. The number of phenols is 1. The summed E-state index contributed by atoms with van der Waals surface area (Å²) in [4.78, 5) is 23.6. The summed E-state index contributed by atoms with van der Waals surface area (Å²) in [5.74, 6) is -1.30. The van der Waals surface area contributed by atoms with Gasteiger partial charge in [0, 0.05) is 18.9 Å². The van der Waals surface area contributed by atoms with Crippen LogP contribution in [0.2, 0.25) is 0 Å². The molecule has 3 rings (SSSR count). The van der Waals surface area contributed by atoms with E-state index < -0.39 is 35.9 Å². The fraction of sp³-hybridized carbons (Fsp3) is 0.412. The molecule has 1 aliphatic heterocycles. The molecule has 2 bridgehead atoms. The Labute approximate surface area is 143 Å². The molecule has 2 fully saturated rings. The van der Waals surface area contributed by atoms with Crippen molar-refractivity contribution in [2.75, 3.05) is 7.11 Å². The number of benzene rings is 1. The number of aliphatic hydroxyl groups excluding tert-OH is 1. The third-order valence-electron chi connectivity index (χ3n) is 4.34. The Morgan fingerprint density at radius 2 is 2.16 bits per heavy atom. The van der Waals surface area contributed by atoms with E-state index in [9.17, 15) is 24.9 Å². The summed E-state index contributed by atoms with van der Waals surface area (Å²) in [6.45, 7) is 0. The summed E-state index contributed by atoms with van der Waals surface area (Å²) in [7, 11) is 1.41. The average Bonchev–Trinajstić information content (AvgIpc) is 2.81. The molecule has 4 atom stereocenters. The van der Waals surface area contributed by atoms with Gasteiger partial charge < -0.3 is 29.5 Å². The predicted molar refractivity (Wildman–Crippen MR) is 83.6 cm³/mol. The second-order valence-electron chi connectivity index (χ2n) is 6.12. The minimum atomic E-state index is -1.70. The van der Waals surface area contributed by atoms with Gasteiger partial charge in [-0.25, -0.2) is 9.59 Å². The molecular formula is C17H18O8. The molecule has 0 aromatic heterocycles. The summed E-state index contributed by atoms with van der Waals surface area (Å²) >= 11 is 0. The van der Waals surface area contributed by atoms with E-state index in [2.05, 4.69) is 0 Å². The Morgan fingerprint density at radius 3 is 2.88 bits per heavy atom. The molecule has 3 N–H and O–H groups in total. The number of aromatic hydroxyl groups is 1. The second-order valence-corrected chi connectivity index (χ2v) is 6.12. The Morgan fingerprint density at radius 1 is 1.40 bits per heavy atom. The van der Waals surface area contributed by atoms with Gasteiger partial charge in [0.1, 0.15) is 6.10 Å². The summed E-state index contributed by atoms with van der Waals surface area (Å²) in [6.07, 6.45) is -0.738. The van der Waals surface area contributed by atoms with E-state index >= 15 is 0 Å². The van der Waals surface area contributed by atoms with Crippen LogP contribution >= 0.6 is 0 Å². The molecule has 1 heterocycles. The summed E-state index contributed by atoms with van der Waals surface area (Å²) in [5.41, 5.74) is -1.11. The average molecular weight is 350 g/mol. The van der Waals surface area contributed by atoms with Crippen molar-refractivity contribution >= 4 is 18.0 Å². The van der Waals surface area contributed by atoms with Crippen LogP contribution in [-0.2, 0) is 19.1 Å². The van der Waals surface area contributed by atoms with Crippen molar-refractivity contribution in [2.24, 2.45) is 0 Å². The van der Waals surface area contributed by atoms with Crippen LogP contribution in [0.1, 0.15) is 18.4 Å². The molecule has 134 valence electrons. The number of methoxy groups -OCH3 is 1. The number of esters is 2. The molecule has 1 aliphatic carbocycles. The van der Waals surface area contributed by atoms with Gasteiger partial charge in [-0.15, -0.1) is 0 Å². The van der Waals surface area contributed by atoms with E-state index in [1.165, 1.54) is 25.3 Å². The van der Waals surface area contributed by atoms with Crippen molar-refractivity contribution in [3.05, 3.63) is 29.8 Å². The van der Waals surface area contributed by atoms with E-state index in [1.807, 2.05) is 0 Å². The highest BCUT2D eigenvalue weighted by Crippen LogP contribution is 2.39. The lowest BCUT2D eigenvalue weighted by atomic mass is 9.82. The first kappa shape index (κ1) is 17.2. The van der Waals surface area contributed by atoms with Gasteiger partial charge in [0.05, 0.1) is 13.2 Å². The maximum Gasteiger partial charge on any atom is 0.338 e. The minimum absolute atomic E-state index is 0.0142. The topological polar surface area (TPSA) is 123 Å². The highest BCUT2D eigenvalue weighted by molar-refractivity contribution is 5.87. The van der Waals surface area contributed by atoms with Gasteiger partial charge in [-0.05, 0) is 23.8 Å². The van der Waals surface area contributed by atoms with Crippen LogP contribution in [-0.4, -0.2) is 58.3 Å². The molecular weight excluding hydrogens is 332 g/mol. The number of hydrogen-bond donors (Lipinski definition) is 3. The quantitative estimate of drug-likeness (QED) is 0.518. The lowest BCUT2D eigenvalue weighted by Gasteiger charge is -2.32. The Balaban J connectivity index is 1.66. The van der Waals surface area contributed by atoms with E-state index in [-0.39, 0.29) is 24.3 Å². The lowest BCUT2D eigenvalue weighted by molar-refractivity contribution is -0.165. The number of carbonyl (C=O) groups is 2. The number of fused-ring (bicyclic) bond motifs is 2. The minimum Gasteiger partial charge on any atom is -0.504 e. The number of aliphatic hydroxyl groups is 2. The normalized spacial score (nSPS) is 31.0. The zero-order chi connectivity index (χ0) is 18.2. The molecule has 8 heteroatoms. The van der Waals surface area contributed by atoms with Gasteiger partial charge in [0.2, 0.25) is 0 Å². The maximum atomic E-state index is 12.0. The van der Waals surface area contributed by atoms with Crippen LogP contribution in [0, 0.1) is 0 Å². The van der Waals surface area contributed by atoms with Crippen molar-refractivity contribution < 1.29 is 39.1 Å². The summed E-state index contributed by atoms with van der Waals surface area (Å²) < 4.78 is 15.1. The molecule has 0 amide bonds. The molecule has 2 aliphatic rings. The third-order valence-corrected chi connectivity index (χ3v) is 4.34. The van der Waals surface area contributed by atoms with Crippen LogP contribution in [0.4, 0.5) is 0 Å². The van der Waals surface area contributed by atoms with E-state index in [0.29, 0.717) is 5.56 Å². The molecule has 1 aromatic carbocycles. The first-order valence-corrected chi connectivity index (χ1v) is 7.69. The summed E-state index contributed by atoms with van der Waals surface area (Å²) in [5, 5.41) is 29.6. The third kappa shape index (κ3) is 3.31. The first-order chi connectivity index (χ1) is 11.8. The molecule has 1 saturated carbocycles. The first-order valence-electron chi connectivity index (χ1n) is 7.69. The van der Waals surface area contributed by atoms with Gasteiger partial charge in [0.15, 0.2) is 23.2 Å². The van der Waals surface area contributed by atoms with Crippen molar-refractivity contribution in [2.45, 2.75) is 36.8 Å². The molecule has 1 saturated heterocycles. The molecule has 0 unspecified atom stereocenters. The van der Waals surface area contributed by atoms with Gasteiger partial charge in [-0.1, -0.05) is 6.07 Å². The van der Waals surface area contributed by atoms with Crippen LogP contribution in [0.3, 0.4) is 0 Å². The van der Waals surface area contributed by atoms with Crippen LogP contribution in [0.5, 0.6) is 11.5 Å². The number of hydrogen-bond acceptors (Lipinski definition) is 8. The van der Waals surface area contributed by atoms with Crippen LogP contribution in [0.25, 0.3) is 6.08 Å². The Kier molecular flexibility index (Phi) is 4.40. The van der Waals surface area contributed by atoms with Crippen molar-refractivity contribution in [1.29, 1.82) is 0 Å². The largest absolute Gasteiger partial charge is 0.504 e. The van der Waals surface area contributed by atoms with Crippen LogP contribution in [0.15, 0.2) is 24.3 Å². The Bertz CT molecular complexity index is 727. The maximum absolute atomic E-state index is 12.0. The Hall–Kier alpha value is -2.58. The highest BCUT2D eigenvalue weighted by atomic mass is 16.6. The molecule has 1 aromatic rings. The monoisotopic (exact) mass is 350 g/mol. The predicted octanol–water partition coefficient (Wildman–Crippen LogP) is 0.137. The number of phenolic OH excluding ortho intramolecular Hbond substituents is 1. The van der Waals surface area contributed by atoms with Crippen molar-refractivity contribution in [1.82, 2.24) is 0 Å². The standard InChI is InChI=1S/C17H18O8/c1-23-12-6-9(2-4-10(12)18)3-5-14(20)25-15-11(19)7-17(22)8-13(15)24-16(17)21/h2-6,11,13,15,18-19,22H,7-8H2,1H3/b5-3+/t11-,13-,15+,17-/m0/s1. The lowest BCUT2D eigenvalue weighted by Crippen LogP contribution is -2.50. The zero-order valence-corrected chi connectivity index (χ0v) is 13.4.